The third-order valence-electron chi connectivity index (χ3n) is 3.13. The number of rotatable bonds is 4. The third-order valence-corrected chi connectivity index (χ3v) is 3.13. The molecule has 0 spiro atoms. The minimum absolute atomic E-state index is 0.332. The van der Waals surface area contributed by atoms with Crippen molar-refractivity contribution in [2.45, 2.75) is 40.0 Å². The number of aromatic nitrogens is 3. The molecule has 0 aliphatic heterocycles. The van der Waals surface area contributed by atoms with Crippen LogP contribution in [0.15, 0.2) is 36.9 Å². The maximum Gasteiger partial charge on any atom is 0.219 e. The summed E-state index contributed by atoms with van der Waals surface area (Å²) in [5.74, 6) is 0.694. The summed E-state index contributed by atoms with van der Waals surface area (Å²) in [7, 11) is 0. The highest BCUT2D eigenvalue weighted by molar-refractivity contribution is 5.26. The summed E-state index contributed by atoms with van der Waals surface area (Å²) in [4.78, 5) is 3.92. The maximum absolute atomic E-state index is 10.5. The number of nitrogens with zero attached hydrogens (tertiary/aromatic N) is 3. The lowest BCUT2D eigenvalue weighted by Gasteiger charge is -2.32. The van der Waals surface area contributed by atoms with Crippen molar-refractivity contribution in [2.24, 2.45) is 5.41 Å². The molecule has 0 fully saturated rings. The molecule has 5 heteroatoms. The van der Waals surface area contributed by atoms with Crippen LogP contribution < -0.4 is 4.74 Å². The Morgan fingerprint density at radius 3 is 2.35 bits per heavy atom. The van der Waals surface area contributed by atoms with Gasteiger partial charge in [-0.2, -0.15) is 5.10 Å². The summed E-state index contributed by atoms with van der Waals surface area (Å²) in [5.41, 5.74) is 0.826. The van der Waals surface area contributed by atoms with E-state index in [0.717, 1.165) is 5.56 Å². The molecule has 1 N–H and O–H groups in total. The van der Waals surface area contributed by atoms with Crippen molar-refractivity contribution in [3.63, 3.8) is 0 Å². The number of benzene rings is 1. The van der Waals surface area contributed by atoms with Crippen molar-refractivity contribution in [1.29, 1.82) is 0 Å². The minimum atomic E-state index is -0.717. The lowest BCUT2D eigenvalue weighted by Crippen LogP contribution is -2.38. The second kappa shape index (κ2) is 5.63. The van der Waals surface area contributed by atoms with Crippen LogP contribution in [0, 0.1) is 12.3 Å². The Bertz CT molecular complexity index is 529. The van der Waals surface area contributed by atoms with Gasteiger partial charge in [-0.15, -0.1) is 0 Å². The molecule has 0 saturated carbocycles. The zero-order chi connectivity index (χ0) is 14.8. The van der Waals surface area contributed by atoms with Crippen molar-refractivity contribution in [2.75, 3.05) is 0 Å². The first-order chi connectivity index (χ1) is 9.38. The highest BCUT2D eigenvalue weighted by atomic mass is 16.5. The summed E-state index contributed by atoms with van der Waals surface area (Å²) in [6.45, 7) is 7.89. The predicted molar refractivity (Wildman–Crippen MR) is 76.3 cm³/mol. The molecule has 2 atom stereocenters. The normalized spacial score (nSPS) is 14.8. The Morgan fingerprint density at radius 2 is 1.85 bits per heavy atom. The van der Waals surface area contributed by atoms with Crippen LogP contribution >= 0.6 is 0 Å². The van der Waals surface area contributed by atoms with Crippen molar-refractivity contribution < 1.29 is 9.84 Å². The van der Waals surface area contributed by atoms with Gasteiger partial charge >= 0.3 is 0 Å². The molecule has 0 aliphatic carbocycles. The van der Waals surface area contributed by atoms with E-state index in [2.05, 4.69) is 10.1 Å². The fourth-order valence-electron chi connectivity index (χ4n) is 1.80. The molecule has 5 nitrogen and oxygen atoms in total. The Kier molecular flexibility index (Phi) is 4.09. The van der Waals surface area contributed by atoms with Crippen LogP contribution in [0.3, 0.4) is 0 Å². The monoisotopic (exact) mass is 275 g/mol. The Morgan fingerprint density at radius 1 is 1.20 bits per heavy atom. The van der Waals surface area contributed by atoms with Gasteiger partial charge in [-0.3, -0.25) is 0 Å². The molecule has 0 amide bonds. The van der Waals surface area contributed by atoms with E-state index in [1.165, 1.54) is 11.0 Å². The molecule has 1 aromatic carbocycles. The van der Waals surface area contributed by atoms with E-state index < -0.39 is 12.3 Å². The minimum Gasteiger partial charge on any atom is -0.466 e. The van der Waals surface area contributed by atoms with E-state index in [4.69, 9.17) is 4.74 Å². The number of hydrogen-bond donors (Lipinski definition) is 1. The number of ether oxygens (including phenoxy) is 1. The molecule has 0 bridgehead atoms. The number of aryl methyl sites for hydroxylation is 1. The van der Waals surface area contributed by atoms with Crippen LogP contribution in [0.2, 0.25) is 0 Å². The van der Waals surface area contributed by atoms with Gasteiger partial charge in [0.2, 0.25) is 6.23 Å². The fraction of sp³-hybridized carbons (Fsp3) is 0.467. The lowest BCUT2D eigenvalue weighted by atomic mass is 9.88. The smallest absolute Gasteiger partial charge is 0.219 e. The zero-order valence-electron chi connectivity index (χ0n) is 12.3. The van der Waals surface area contributed by atoms with E-state index in [9.17, 15) is 5.11 Å². The second-order valence-electron chi connectivity index (χ2n) is 6.01. The van der Waals surface area contributed by atoms with Crippen LogP contribution in [-0.4, -0.2) is 26.0 Å². The van der Waals surface area contributed by atoms with E-state index in [0.29, 0.717) is 5.75 Å². The Labute approximate surface area is 119 Å². The number of aliphatic hydroxyl groups is 1. The maximum atomic E-state index is 10.5. The first-order valence-corrected chi connectivity index (χ1v) is 6.63. The highest BCUT2D eigenvalue weighted by Gasteiger charge is 2.33. The summed E-state index contributed by atoms with van der Waals surface area (Å²) >= 11 is 0. The van der Waals surface area contributed by atoms with Crippen molar-refractivity contribution in [1.82, 2.24) is 14.8 Å². The Hall–Kier alpha value is -1.88. The van der Waals surface area contributed by atoms with Gasteiger partial charge in [0.1, 0.15) is 24.5 Å². The molecular formula is C15H21N3O2. The van der Waals surface area contributed by atoms with Crippen LogP contribution in [-0.2, 0) is 0 Å². The van der Waals surface area contributed by atoms with Gasteiger partial charge in [-0.05, 0) is 24.5 Å². The first-order valence-electron chi connectivity index (χ1n) is 6.63. The number of hydrogen-bond acceptors (Lipinski definition) is 4. The molecule has 20 heavy (non-hydrogen) atoms. The van der Waals surface area contributed by atoms with Crippen LogP contribution in [0.25, 0.3) is 0 Å². The van der Waals surface area contributed by atoms with E-state index in [-0.39, 0.29) is 5.41 Å². The van der Waals surface area contributed by atoms with Gasteiger partial charge in [0.15, 0.2) is 0 Å². The van der Waals surface area contributed by atoms with E-state index in [1.54, 1.807) is 6.33 Å². The fourth-order valence-corrected chi connectivity index (χ4v) is 1.80. The summed E-state index contributed by atoms with van der Waals surface area (Å²) in [6.07, 6.45) is 1.65. The van der Waals surface area contributed by atoms with Crippen molar-refractivity contribution in [3.8, 4) is 5.75 Å². The zero-order valence-corrected chi connectivity index (χ0v) is 12.3. The standard InChI is InChI=1S/C15H21N3O2/c1-11-5-7-12(8-6-11)20-14(13(19)15(2,3)4)18-10-16-9-17-18/h5-10,13-14,19H,1-4H3. The summed E-state index contributed by atoms with van der Waals surface area (Å²) in [5, 5.41) is 14.6. The number of aliphatic hydroxyl groups excluding tert-OH is 1. The Balaban J connectivity index is 2.26. The molecule has 1 heterocycles. The molecule has 0 saturated heterocycles. The van der Waals surface area contributed by atoms with Gasteiger partial charge in [0.05, 0.1) is 0 Å². The van der Waals surface area contributed by atoms with Gasteiger partial charge in [-0.1, -0.05) is 38.5 Å². The molecule has 0 aliphatic rings. The third kappa shape index (κ3) is 3.36. The first kappa shape index (κ1) is 14.5. The summed E-state index contributed by atoms with van der Waals surface area (Å²) in [6, 6.07) is 7.71. The molecular weight excluding hydrogens is 254 g/mol. The lowest BCUT2D eigenvalue weighted by molar-refractivity contribution is -0.0731. The van der Waals surface area contributed by atoms with Crippen molar-refractivity contribution >= 4 is 0 Å². The average Bonchev–Trinajstić information content (AvgIpc) is 2.90. The van der Waals surface area contributed by atoms with Gasteiger partial charge in [0, 0.05) is 0 Å². The average molecular weight is 275 g/mol. The topological polar surface area (TPSA) is 60.2 Å². The highest BCUT2D eigenvalue weighted by Crippen LogP contribution is 2.30. The van der Waals surface area contributed by atoms with Gasteiger partial charge in [-0.25, -0.2) is 9.67 Å². The largest absolute Gasteiger partial charge is 0.466 e. The van der Waals surface area contributed by atoms with E-state index >= 15 is 0 Å². The molecule has 2 rings (SSSR count). The molecule has 0 radical (unpaired) electrons. The molecule has 1 aromatic heterocycles. The molecule has 2 unspecified atom stereocenters. The van der Waals surface area contributed by atoms with Crippen molar-refractivity contribution in [3.05, 3.63) is 42.5 Å². The molecule has 108 valence electrons. The van der Waals surface area contributed by atoms with Gasteiger partial charge < -0.3 is 9.84 Å². The predicted octanol–water partition coefficient (Wildman–Crippen LogP) is 2.57. The van der Waals surface area contributed by atoms with Crippen LogP contribution in [0.1, 0.15) is 32.6 Å². The van der Waals surface area contributed by atoms with Crippen LogP contribution in [0.4, 0.5) is 0 Å². The summed E-state index contributed by atoms with van der Waals surface area (Å²) < 4.78 is 7.45. The van der Waals surface area contributed by atoms with Crippen LogP contribution in [0.5, 0.6) is 5.75 Å². The quantitative estimate of drug-likeness (QED) is 0.931. The van der Waals surface area contributed by atoms with Gasteiger partial charge in [0.25, 0.3) is 0 Å². The SMILES string of the molecule is Cc1ccc(OC(C(O)C(C)(C)C)n2cncn2)cc1. The molecule has 2 aromatic rings. The van der Waals surface area contributed by atoms with E-state index in [1.807, 2.05) is 52.0 Å². The second-order valence-corrected chi connectivity index (χ2v) is 6.01.